The molecule has 9 nitrogen and oxygen atoms in total. The lowest BCUT2D eigenvalue weighted by Gasteiger charge is -2.17. The SMILES string of the molecule is C=CCn1c(SCC(=O)Nc2ccc(C)cc2)nnc1[C@H](CO)NC(=O)c1ccc(OC)cc1. The molecule has 0 fully saturated rings. The number of aryl methyl sites for hydroxylation is 1. The van der Waals surface area contributed by atoms with Crippen LogP contribution in [0.1, 0.15) is 27.8 Å². The largest absolute Gasteiger partial charge is 0.497 e. The number of aliphatic hydroxyl groups excluding tert-OH is 1. The summed E-state index contributed by atoms with van der Waals surface area (Å²) in [7, 11) is 1.55. The van der Waals surface area contributed by atoms with Crippen LogP contribution in [0, 0.1) is 6.92 Å². The van der Waals surface area contributed by atoms with Crippen LogP contribution in [0.3, 0.4) is 0 Å². The van der Waals surface area contributed by atoms with Crippen molar-refractivity contribution < 1.29 is 19.4 Å². The first-order valence-electron chi connectivity index (χ1n) is 10.5. The number of methoxy groups -OCH3 is 1. The number of allylic oxidation sites excluding steroid dienone is 1. The molecule has 0 saturated heterocycles. The summed E-state index contributed by atoms with van der Waals surface area (Å²) in [5.74, 6) is 0.557. The Hall–Kier alpha value is -3.63. The molecule has 3 rings (SSSR count). The molecule has 178 valence electrons. The second-order valence-electron chi connectivity index (χ2n) is 7.38. The van der Waals surface area contributed by atoms with Crippen LogP contribution in [0.2, 0.25) is 0 Å². The van der Waals surface area contributed by atoms with E-state index >= 15 is 0 Å². The molecule has 0 aliphatic carbocycles. The zero-order valence-corrected chi connectivity index (χ0v) is 19.8. The lowest BCUT2D eigenvalue weighted by Crippen LogP contribution is -2.33. The number of carbonyl (C=O) groups excluding carboxylic acids is 2. The van der Waals surface area contributed by atoms with E-state index in [1.807, 2.05) is 31.2 Å². The maximum absolute atomic E-state index is 12.7. The van der Waals surface area contributed by atoms with Crippen molar-refractivity contribution in [3.8, 4) is 5.75 Å². The molecule has 3 aromatic rings. The first kappa shape index (κ1) is 25.0. The quantitative estimate of drug-likeness (QED) is 0.285. The van der Waals surface area contributed by atoms with Crippen LogP contribution >= 0.6 is 11.8 Å². The first-order valence-corrected chi connectivity index (χ1v) is 11.5. The topological polar surface area (TPSA) is 118 Å². The number of thioether (sulfide) groups is 1. The maximum Gasteiger partial charge on any atom is 0.251 e. The van der Waals surface area contributed by atoms with Crippen LogP contribution in [-0.4, -0.2) is 51.2 Å². The third-order valence-electron chi connectivity index (χ3n) is 4.88. The second kappa shape index (κ2) is 12.0. The molecule has 0 spiro atoms. The Morgan fingerprint density at radius 3 is 2.50 bits per heavy atom. The summed E-state index contributed by atoms with van der Waals surface area (Å²) >= 11 is 1.21. The van der Waals surface area contributed by atoms with Crippen LogP contribution in [0.25, 0.3) is 0 Å². The average molecular weight is 482 g/mol. The van der Waals surface area contributed by atoms with E-state index in [0.29, 0.717) is 34.5 Å². The molecule has 0 aliphatic rings. The summed E-state index contributed by atoms with van der Waals surface area (Å²) in [5.41, 5.74) is 2.23. The highest BCUT2D eigenvalue weighted by molar-refractivity contribution is 7.99. The summed E-state index contributed by atoms with van der Waals surface area (Å²) in [6.45, 7) is 5.70. The van der Waals surface area contributed by atoms with Crippen LogP contribution in [0.4, 0.5) is 5.69 Å². The standard InChI is InChI=1S/C24H27N5O4S/c1-4-13-29-22(20(14-30)26-23(32)17-7-11-19(33-3)12-8-17)27-28-24(29)34-15-21(31)25-18-9-5-16(2)6-10-18/h4-12,20,30H,1,13-15H2,2-3H3,(H,25,31)(H,26,32)/t20-/m0/s1. The van der Waals surface area contributed by atoms with Gasteiger partial charge in [0.15, 0.2) is 11.0 Å². The van der Waals surface area contributed by atoms with Gasteiger partial charge in [-0.25, -0.2) is 0 Å². The van der Waals surface area contributed by atoms with Crippen molar-refractivity contribution in [2.24, 2.45) is 0 Å². The van der Waals surface area contributed by atoms with Crippen molar-refractivity contribution in [3.05, 3.63) is 78.1 Å². The number of hydrogen-bond acceptors (Lipinski definition) is 7. The van der Waals surface area contributed by atoms with Crippen molar-refractivity contribution in [1.29, 1.82) is 0 Å². The Morgan fingerprint density at radius 1 is 1.18 bits per heavy atom. The second-order valence-corrected chi connectivity index (χ2v) is 8.32. The summed E-state index contributed by atoms with van der Waals surface area (Å²) in [4.78, 5) is 25.0. The Labute approximate surface area is 202 Å². The Morgan fingerprint density at radius 2 is 1.88 bits per heavy atom. The minimum Gasteiger partial charge on any atom is -0.497 e. The number of nitrogens with one attached hydrogen (secondary N) is 2. The van der Waals surface area contributed by atoms with Gasteiger partial charge in [0, 0.05) is 17.8 Å². The minimum atomic E-state index is -0.794. The number of ether oxygens (including phenoxy) is 1. The van der Waals surface area contributed by atoms with E-state index in [1.165, 1.54) is 11.8 Å². The van der Waals surface area contributed by atoms with Crippen molar-refractivity contribution >= 4 is 29.3 Å². The van der Waals surface area contributed by atoms with Gasteiger partial charge < -0.3 is 25.0 Å². The number of anilines is 1. The van der Waals surface area contributed by atoms with E-state index < -0.39 is 6.04 Å². The molecule has 0 unspecified atom stereocenters. The number of rotatable bonds is 11. The Bertz CT molecular complexity index is 1130. The summed E-state index contributed by atoms with van der Waals surface area (Å²) in [6, 6.07) is 13.4. The fourth-order valence-electron chi connectivity index (χ4n) is 3.11. The van der Waals surface area contributed by atoms with Gasteiger partial charge in [0.2, 0.25) is 5.91 Å². The van der Waals surface area contributed by atoms with Crippen molar-refractivity contribution in [3.63, 3.8) is 0 Å². The summed E-state index contributed by atoms with van der Waals surface area (Å²) in [5, 5.41) is 24.4. The fraction of sp³-hybridized carbons (Fsp3) is 0.250. The molecule has 1 atom stereocenters. The molecule has 10 heteroatoms. The van der Waals surface area contributed by atoms with Gasteiger partial charge in [0.05, 0.1) is 19.5 Å². The van der Waals surface area contributed by atoms with Gasteiger partial charge in [-0.3, -0.25) is 9.59 Å². The lowest BCUT2D eigenvalue weighted by atomic mass is 10.2. The molecule has 0 radical (unpaired) electrons. The predicted octanol–water partition coefficient (Wildman–Crippen LogP) is 2.98. The van der Waals surface area contributed by atoms with Crippen LogP contribution in [0.5, 0.6) is 5.75 Å². The highest BCUT2D eigenvalue weighted by atomic mass is 32.2. The van der Waals surface area contributed by atoms with Crippen molar-refractivity contribution in [2.75, 3.05) is 24.8 Å². The fourth-order valence-corrected chi connectivity index (χ4v) is 3.86. The molecule has 0 saturated carbocycles. The van der Waals surface area contributed by atoms with Gasteiger partial charge in [0.1, 0.15) is 11.8 Å². The summed E-state index contributed by atoms with van der Waals surface area (Å²) in [6.07, 6.45) is 1.66. The number of amides is 2. The molecule has 0 bridgehead atoms. The number of aromatic nitrogens is 3. The third kappa shape index (κ3) is 6.46. The van der Waals surface area contributed by atoms with Gasteiger partial charge in [-0.15, -0.1) is 16.8 Å². The van der Waals surface area contributed by atoms with Gasteiger partial charge in [-0.05, 0) is 43.3 Å². The molecule has 2 amide bonds. The zero-order chi connectivity index (χ0) is 24.5. The van der Waals surface area contributed by atoms with E-state index in [2.05, 4.69) is 27.4 Å². The number of hydrogen-bond donors (Lipinski definition) is 3. The maximum atomic E-state index is 12.7. The van der Waals surface area contributed by atoms with Gasteiger partial charge in [0.25, 0.3) is 5.91 Å². The Balaban J connectivity index is 1.69. The molecule has 34 heavy (non-hydrogen) atoms. The van der Waals surface area contributed by atoms with Crippen LogP contribution in [-0.2, 0) is 11.3 Å². The lowest BCUT2D eigenvalue weighted by molar-refractivity contribution is -0.113. The third-order valence-corrected chi connectivity index (χ3v) is 5.84. The van der Waals surface area contributed by atoms with Crippen LogP contribution in [0.15, 0.2) is 66.3 Å². The van der Waals surface area contributed by atoms with Gasteiger partial charge in [-0.2, -0.15) is 0 Å². The van der Waals surface area contributed by atoms with E-state index in [1.54, 1.807) is 42.0 Å². The molecular formula is C24H27N5O4S. The average Bonchev–Trinajstić information content (AvgIpc) is 3.25. The number of nitrogens with zero attached hydrogens (tertiary/aromatic N) is 3. The number of aliphatic hydroxyl groups is 1. The monoisotopic (exact) mass is 481 g/mol. The number of carbonyl (C=O) groups is 2. The minimum absolute atomic E-state index is 0.116. The van der Waals surface area contributed by atoms with Crippen LogP contribution < -0.4 is 15.4 Å². The van der Waals surface area contributed by atoms with E-state index in [9.17, 15) is 14.7 Å². The molecular weight excluding hydrogens is 454 g/mol. The molecule has 1 aromatic heterocycles. The normalized spacial score (nSPS) is 11.5. The van der Waals surface area contributed by atoms with Gasteiger partial charge >= 0.3 is 0 Å². The van der Waals surface area contributed by atoms with Gasteiger partial charge in [-0.1, -0.05) is 35.5 Å². The number of benzene rings is 2. The zero-order valence-electron chi connectivity index (χ0n) is 19.0. The van der Waals surface area contributed by atoms with E-state index in [0.717, 1.165) is 5.56 Å². The molecule has 2 aromatic carbocycles. The van der Waals surface area contributed by atoms with Crippen molar-refractivity contribution in [2.45, 2.75) is 24.7 Å². The molecule has 0 aliphatic heterocycles. The smallest absolute Gasteiger partial charge is 0.251 e. The summed E-state index contributed by atoms with van der Waals surface area (Å²) < 4.78 is 6.82. The Kier molecular flexibility index (Phi) is 8.83. The first-order chi connectivity index (χ1) is 16.4. The van der Waals surface area contributed by atoms with E-state index in [4.69, 9.17) is 4.74 Å². The van der Waals surface area contributed by atoms with Crippen molar-refractivity contribution in [1.82, 2.24) is 20.1 Å². The predicted molar refractivity (Wildman–Crippen MR) is 131 cm³/mol. The molecule has 3 N–H and O–H groups in total. The highest BCUT2D eigenvalue weighted by Crippen LogP contribution is 2.22. The molecule has 1 heterocycles. The van der Waals surface area contributed by atoms with E-state index in [-0.39, 0.29) is 24.2 Å². The highest BCUT2D eigenvalue weighted by Gasteiger charge is 2.23.